The van der Waals surface area contributed by atoms with Crippen LogP contribution in [-0.2, 0) is 17.9 Å². The van der Waals surface area contributed by atoms with Crippen molar-refractivity contribution in [3.8, 4) is 0 Å². The summed E-state index contributed by atoms with van der Waals surface area (Å²) in [5.74, 6) is -0.481. The number of para-hydroxylation sites is 1. The van der Waals surface area contributed by atoms with E-state index in [9.17, 15) is 9.59 Å². The maximum absolute atomic E-state index is 12.7. The van der Waals surface area contributed by atoms with Crippen molar-refractivity contribution in [1.29, 1.82) is 0 Å². The van der Waals surface area contributed by atoms with Gasteiger partial charge in [0.1, 0.15) is 6.54 Å². The summed E-state index contributed by atoms with van der Waals surface area (Å²) in [6.07, 6.45) is 0. The summed E-state index contributed by atoms with van der Waals surface area (Å²) >= 11 is 3.61. The number of fused-ring (bicyclic) bond motifs is 1. The number of carbonyl (C=O) groups excluding carboxylic acids is 2. The molecule has 2 N–H and O–H groups in total. The highest BCUT2D eigenvalue weighted by molar-refractivity contribution is 9.10. The van der Waals surface area contributed by atoms with Gasteiger partial charge >= 0.3 is 0 Å². The van der Waals surface area contributed by atoms with Crippen LogP contribution in [0.5, 0.6) is 0 Å². The number of rotatable bonds is 5. The summed E-state index contributed by atoms with van der Waals surface area (Å²) in [4.78, 5) is 25.7. The number of hydrogen-bond acceptors (Lipinski definition) is 2. The molecule has 0 spiro atoms. The first-order chi connectivity index (χ1) is 12.4. The van der Waals surface area contributed by atoms with E-state index in [1.54, 1.807) is 30.1 Å². The molecule has 26 heavy (non-hydrogen) atoms. The molecule has 1 heterocycles. The molecular weight excluding hydrogens is 394 g/mol. The van der Waals surface area contributed by atoms with E-state index >= 15 is 0 Å². The molecule has 3 rings (SSSR count). The van der Waals surface area contributed by atoms with Crippen molar-refractivity contribution in [2.75, 3.05) is 7.05 Å². The number of benzene rings is 2. The first-order valence-electron chi connectivity index (χ1n) is 8.24. The van der Waals surface area contributed by atoms with Crippen LogP contribution in [-0.4, -0.2) is 28.3 Å². The van der Waals surface area contributed by atoms with Gasteiger partial charge in [-0.2, -0.15) is 0 Å². The molecule has 0 aliphatic rings. The van der Waals surface area contributed by atoms with E-state index in [1.807, 2.05) is 41.8 Å². The van der Waals surface area contributed by atoms with Crippen molar-refractivity contribution >= 4 is 38.6 Å². The van der Waals surface area contributed by atoms with Gasteiger partial charge in [-0.1, -0.05) is 30.3 Å². The molecule has 6 heteroatoms. The fraction of sp³-hybridized carbons (Fsp3) is 0.200. The minimum atomic E-state index is -0.472. The van der Waals surface area contributed by atoms with Crippen molar-refractivity contribution in [2.24, 2.45) is 5.73 Å². The number of likely N-dealkylation sites (N-methyl/N-ethyl adjacent to an activating group) is 1. The molecular formula is C20H20BrN3O2. The summed E-state index contributed by atoms with van der Waals surface area (Å²) in [7, 11) is 1.76. The number of nitrogens with two attached hydrogens (primary N) is 1. The highest BCUT2D eigenvalue weighted by Gasteiger charge is 2.16. The van der Waals surface area contributed by atoms with Crippen molar-refractivity contribution in [3.63, 3.8) is 0 Å². The number of hydrogen-bond donors (Lipinski definition) is 1. The Morgan fingerprint density at radius 1 is 1.15 bits per heavy atom. The van der Waals surface area contributed by atoms with Gasteiger partial charge in [0.15, 0.2) is 0 Å². The predicted octanol–water partition coefficient (Wildman–Crippen LogP) is 3.47. The average Bonchev–Trinajstić information content (AvgIpc) is 2.87. The Hall–Kier alpha value is -2.60. The quantitative estimate of drug-likeness (QED) is 0.695. The highest BCUT2D eigenvalue weighted by Crippen LogP contribution is 2.30. The van der Waals surface area contributed by atoms with Crippen molar-refractivity contribution < 1.29 is 9.59 Å². The number of aromatic nitrogens is 1. The van der Waals surface area contributed by atoms with E-state index in [0.717, 1.165) is 26.6 Å². The minimum Gasteiger partial charge on any atom is -0.366 e. The second-order valence-corrected chi connectivity index (χ2v) is 7.11. The summed E-state index contributed by atoms with van der Waals surface area (Å²) in [6.45, 7) is 2.66. The molecule has 5 nitrogen and oxygen atoms in total. The summed E-state index contributed by atoms with van der Waals surface area (Å²) in [6, 6.07) is 15.0. The maximum Gasteiger partial charge on any atom is 0.248 e. The molecule has 2 aromatic carbocycles. The van der Waals surface area contributed by atoms with Gasteiger partial charge in [-0.25, -0.2) is 0 Å². The molecule has 0 atom stereocenters. The van der Waals surface area contributed by atoms with E-state index in [-0.39, 0.29) is 12.5 Å². The first kappa shape index (κ1) is 18.2. The van der Waals surface area contributed by atoms with Crippen LogP contribution in [0.25, 0.3) is 10.9 Å². The monoisotopic (exact) mass is 413 g/mol. The van der Waals surface area contributed by atoms with Crippen LogP contribution >= 0.6 is 15.9 Å². The number of carbonyl (C=O) groups is 2. The number of primary amides is 1. The second-order valence-electron chi connectivity index (χ2n) is 6.32. The van der Waals surface area contributed by atoms with Crippen LogP contribution in [0, 0.1) is 6.92 Å². The first-order valence-corrected chi connectivity index (χ1v) is 9.04. The molecule has 0 fully saturated rings. The molecule has 0 bridgehead atoms. The smallest absolute Gasteiger partial charge is 0.248 e. The summed E-state index contributed by atoms with van der Waals surface area (Å²) in [5, 5.41) is 1.09. The third kappa shape index (κ3) is 3.51. The van der Waals surface area contributed by atoms with Crippen molar-refractivity contribution in [2.45, 2.75) is 20.0 Å². The highest BCUT2D eigenvalue weighted by atomic mass is 79.9. The van der Waals surface area contributed by atoms with Crippen LogP contribution in [0.15, 0.2) is 53.0 Å². The molecule has 2 amide bonds. The molecule has 0 unspecified atom stereocenters. The minimum absolute atomic E-state index is 0.00849. The molecule has 0 saturated carbocycles. The van der Waals surface area contributed by atoms with E-state index in [2.05, 4.69) is 15.9 Å². The average molecular weight is 414 g/mol. The van der Waals surface area contributed by atoms with Crippen LogP contribution in [0.2, 0.25) is 0 Å². The number of amides is 2. The zero-order valence-electron chi connectivity index (χ0n) is 14.7. The lowest BCUT2D eigenvalue weighted by molar-refractivity contribution is -0.131. The molecule has 0 aliphatic carbocycles. The van der Waals surface area contributed by atoms with Gasteiger partial charge in [-0.3, -0.25) is 9.59 Å². The zero-order chi connectivity index (χ0) is 18.8. The Bertz CT molecular complexity index is 994. The molecule has 134 valence electrons. The summed E-state index contributed by atoms with van der Waals surface area (Å²) in [5.41, 5.74) is 8.67. The predicted molar refractivity (Wildman–Crippen MR) is 106 cm³/mol. The number of nitrogens with zero attached hydrogens (tertiary/aromatic N) is 2. The Balaban J connectivity index is 1.79. The molecule has 0 saturated heterocycles. The fourth-order valence-corrected chi connectivity index (χ4v) is 3.58. The second kappa shape index (κ2) is 7.33. The normalized spacial score (nSPS) is 10.9. The van der Waals surface area contributed by atoms with Crippen molar-refractivity contribution in [1.82, 2.24) is 9.47 Å². The Morgan fingerprint density at radius 2 is 1.88 bits per heavy atom. The Kier molecular flexibility index (Phi) is 5.13. The molecule has 3 aromatic rings. The van der Waals surface area contributed by atoms with Gasteiger partial charge in [-0.05, 0) is 46.6 Å². The third-order valence-electron chi connectivity index (χ3n) is 4.50. The Morgan fingerprint density at radius 3 is 2.62 bits per heavy atom. The summed E-state index contributed by atoms with van der Waals surface area (Å²) < 4.78 is 3.02. The molecule has 0 aliphatic heterocycles. The van der Waals surface area contributed by atoms with Gasteiger partial charge in [0.05, 0.1) is 0 Å². The third-order valence-corrected chi connectivity index (χ3v) is 5.51. The maximum atomic E-state index is 12.7. The largest absolute Gasteiger partial charge is 0.366 e. The van der Waals surface area contributed by atoms with Gasteiger partial charge < -0.3 is 15.2 Å². The van der Waals surface area contributed by atoms with E-state index in [4.69, 9.17) is 5.73 Å². The van der Waals surface area contributed by atoms with Gasteiger partial charge in [-0.15, -0.1) is 0 Å². The van der Waals surface area contributed by atoms with Crippen LogP contribution in [0.1, 0.15) is 21.6 Å². The topological polar surface area (TPSA) is 68.3 Å². The fourth-order valence-electron chi connectivity index (χ4n) is 3.03. The molecule has 0 radical (unpaired) electrons. The van der Waals surface area contributed by atoms with E-state index in [1.165, 1.54) is 0 Å². The zero-order valence-corrected chi connectivity index (χ0v) is 16.3. The van der Waals surface area contributed by atoms with E-state index < -0.39 is 5.91 Å². The van der Waals surface area contributed by atoms with Gasteiger partial charge in [0, 0.05) is 40.2 Å². The lowest BCUT2D eigenvalue weighted by Crippen LogP contribution is -2.30. The van der Waals surface area contributed by atoms with Gasteiger partial charge in [0.25, 0.3) is 0 Å². The Labute approximate surface area is 160 Å². The number of halogens is 1. The SMILES string of the molecule is Cc1c(Br)c2ccccc2n1CC(=O)N(C)Cc1cccc(C(N)=O)c1. The lowest BCUT2D eigenvalue weighted by Gasteiger charge is -2.19. The molecule has 1 aromatic heterocycles. The van der Waals surface area contributed by atoms with E-state index in [0.29, 0.717) is 12.1 Å². The van der Waals surface area contributed by atoms with Crippen LogP contribution in [0.3, 0.4) is 0 Å². The van der Waals surface area contributed by atoms with Gasteiger partial charge in [0.2, 0.25) is 11.8 Å². The van der Waals surface area contributed by atoms with Crippen LogP contribution in [0.4, 0.5) is 0 Å². The van der Waals surface area contributed by atoms with Crippen molar-refractivity contribution in [3.05, 3.63) is 69.8 Å². The standard InChI is InChI=1S/C20H20BrN3O2/c1-13-19(21)16-8-3-4-9-17(16)24(13)12-18(25)23(2)11-14-6-5-7-15(10-14)20(22)26/h3-10H,11-12H2,1-2H3,(H2,22,26). The van der Waals surface area contributed by atoms with Crippen LogP contribution < -0.4 is 5.73 Å². The lowest BCUT2D eigenvalue weighted by atomic mass is 10.1.